The molecule has 1 heterocycles. The summed E-state index contributed by atoms with van der Waals surface area (Å²) in [7, 11) is 0. The fourth-order valence-electron chi connectivity index (χ4n) is 2.32. The van der Waals surface area contributed by atoms with Gasteiger partial charge < -0.3 is 14.6 Å². The van der Waals surface area contributed by atoms with Crippen LogP contribution < -0.4 is 5.11 Å². The number of carbonyl (C=O) groups is 2. The molecule has 1 spiro atoms. The highest BCUT2D eigenvalue weighted by Crippen LogP contribution is 2.54. The van der Waals surface area contributed by atoms with Crippen LogP contribution in [0.15, 0.2) is 0 Å². The number of carboxylic acid groups (broad SMARTS) is 1. The van der Waals surface area contributed by atoms with E-state index in [0.717, 1.165) is 12.8 Å². The lowest BCUT2D eigenvalue weighted by molar-refractivity contribution is -0.310. The smallest absolute Gasteiger partial charge is 0.410 e. The fraction of sp³-hybridized carbons (Fsp3) is 0.833. The second kappa shape index (κ2) is 3.62. The molecular formula is C12H18NO4-. The van der Waals surface area contributed by atoms with Gasteiger partial charge in [-0.05, 0) is 45.4 Å². The minimum absolute atomic E-state index is 0.0294. The van der Waals surface area contributed by atoms with E-state index < -0.39 is 23.7 Å². The lowest BCUT2D eigenvalue weighted by Crippen LogP contribution is -2.48. The summed E-state index contributed by atoms with van der Waals surface area (Å²) in [5.74, 6) is -1.18. The number of nitrogens with zero attached hydrogens (tertiary/aromatic N) is 1. The van der Waals surface area contributed by atoms with Gasteiger partial charge in [0.05, 0.1) is 12.0 Å². The topological polar surface area (TPSA) is 69.7 Å². The van der Waals surface area contributed by atoms with Crippen LogP contribution in [-0.4, -0.2) is 35.2 Å². The molecule has 5 nitrogen and oxygen atoms in total. The molecule has 1 amide bonds. The van der Waals surface area contributed by atoms with Gasteiger partial charge >= 0.3 is 6.09 Å². The average Bonchev–Trinajstić information content (AvgIpc) is 2.73. The quantitative estimate of drug-likeness (QED) is 0.670. The Morgan fingerprint density at radius 3 is 2.35 bits per heavy atom. The van der Waals surface area contributed by atoms with E-state index in [-0.39, 0.29) is 5.41 Å². The summed E-state index contributed by atoms with van der Waals surface area (Å²) in [6.45, 7) is 5.78. The van der Waals surface area contributed by atoms with E-state index >= 15 is 0 Å². The second-order valence-corrected chi connectivity index (χ2v) is 6.15. The van der Waals surface area contributed by atoms with Crippen molar-refractivity contribution in [3.05, 3.63) is 0 Å². The van der Waals surface area contributed by atoms with Crippen LogP contribution in [0.25, 0.3) is 0 Å². The molecule has 1 saturated heterocycles. The van der Waals surface area contributed by atoms with Gasteiger partial charge in [-0.25, -0.2) is 4.79 Å². The summed E-state index contributed by atoms with van der Waals surface area (Å²) in [5, 5.41) is 11.0. The van der Waals surface area contributed by atoms with Gasteiger partial charge in [-0.1, -0.05) is 0 Å². The van der Waals surface area contributed by atoms with Gasteiger partial charge in [0.15, 0.2) is 0 Å². The van der Waals surface area contributed by atoms with Crippen molar-refractivity contribution in [1.29, 1.82) is 0 Å². The van der Waals surface area contributed by atoms with Gasteiger partial charge in [-0.2, -0.15) is 0 Å². The third-order valence-electron chi connectivity index (χ3n) is 3.37. The van der Waals surface area contributed by atoms with E-state index in [1.807, 2.05) is 0 Å². The Morgan fingerprint density at radius 2 is 1.94 bits per heavy atom. The Hall–Kier alpha value is -1.26. The van der Waals surface area contributed by atoms with Gasteiger partial charge in [0.2, 0.25) is 0 Å². The molecule has 0 aromatic heterocycles. The lowest BCUT2D eigenvalue weighted by atomic mass is 10.0. The van der Waals surface area contributed by atoms with Gasteiger partial charge in [-0.3, -0.25) is 4.90 Å². The Morgan fingerprint density at radius 1 is 1.35 bits per heavy atom. The first-order valence-corrected chi connectivity index (χ1v) is 5.93. The molecule has 0 aromatic carbocycles. The molecule has 0 unspecified atom stereocenters. The van der Waals surface area contributed by atoms with E-state index in [2.05, 4.69) is 0 Å². The first-order chi connectivity index (χ1) is 7.72. The number of hydrogen-bond acceptors (Lipinski definition) is 4. The Bertz CT molecular complexity index is 354. The summed E-state index contributed by atoms with van der Waals surface area (Å²) in [6, 6.07) is -0.827. The Kier molecular flexibility index (Phi) is 2.60. The van der Waals surface area contributed by atoms with Crippen molar-refractivity contribution in [2.24, 2.45) is 5.41 Å². The maximum atomic E-state index is 11.9. The molecule has 1 saturated carbocycles. The standard InChI is InChI=1S/C12H19NO4/c1-11(2,3)17-10(16)13-7-12(4-5-12)6-8(13)9(14)15/h8H,4-7H2,1-3H3,(H,14,15)/p-1/t8-/m1/s1. The zero-order chi connectivity index (χ0) is 12.8. The largest absolute Gasteiger partial charge is 0.548 e. The maximum absolute atomic E-state index is 11.9. The summed E-state index contributed by atoms with van der Waals surface area (Å²) in [6.07, 6.45) is 1.95. The number of carbonyl (C=O) groups excluding carboxylic acids is 2. The van der Waals surface area contributed by atoms with Crippen molar-refractivity contribution in [3.8, 4) is 0 Å². The molecule has 1 aliphatic heterocycles. The van der Waals surface area contributed by atoms with E-state index in [4.69, 9.17) is 4.74 Å². The molecule has 2 rings (SSSR count). The highest BCUT2D eigenvalue weighted by Gasteiger charge is 2.54. The zero-order valence-corrected chi connectivity index (χ0v) is 10.5. The highest BCUT2D eigenvalue weighted by molar-refractivity contribution is 5.80. The average molecular weight is 240 g/mol. The summed E-state index contributed by atoms with van der Waals surface area (Å²) >= 11 is 0. The van der Waals surface area contributed by atoms with Crippen LogP contribution in [-0.2, 0) is 9.53 Å². The molecule has 17 heavy (non-hydrogen) atoms. The van der Waals surface area contributed by atoms with Crippen LogP contribution in [0.2, 0.25) is 0 Å². The van der Waals surface area contributed by atoms with Crippen LogP contribution in [0.4, 0.5) is 4.79 Å². The lowest BCUT2D eigenvalue weighted by Gasteiger charge is -2.28. The van der Waals surface area contributed by atoms with Gasteiger partial charge in [0.25, 0.3) is 0 Å². The Labute approximate surface area is 101 Å². The normalized spacial score (nSPS) is 26.1. The number of aliphatic carboxylic acids is 1. The van der Waals surface area contributed by atoms with Crippen molar-refractivity contribution >= 4 is 12.1 Å². The van der Waals surface area contributed by atoms with Gasteiger partial charge in [-0.15, -0.1) is 0 Å². The van der Waals surface area contributed by atoms with Crippen LogP contribution >= 0.6 is 0 Å². The van der Waals surface area contributed by atoms with Crippen molar-refractivity contribution < 1.29 is 19.4 Å². The molecule has 0 radical (unpaired) electrons. The predicted molar refractivity (Wildman–Crippen MR) is 58.0 cm³/mol. The molecular weight excluding hydrogens is 222 g/mol. The number of hydrogen-bond donors (Lipinski definition) is 0. The number of rotatable bonds is 1. The van der Waals surface area contributed by atoms with Crippen LogP contribution in [0.3, 0.4) is 0 Å². The third kappa shape index (κ3) is 2.53. The fourth-order valence-corrected chi connectivity index (χ4v) is 2.32. The summed E-state index contributed by atoms with van der Waals surface area (Å²) in [5.41, 5.74) is -0.575. The monoisotopic (exact) mass is 240 g/mol. The molecule has 96 valence electrons. The van der Waals surface area contributed by atoms with Crippen molar-refractivity contribution in [1.82, 2.24) is 4.90 Å². The molecule has 2 fully saturated rings. The van der Waals surface area contributed by atoms with Gasteiger partial charge in [0, 0.05) is 6.54 Å². The highest BCUT2D eigenvalue weighted by atomic mass is 16.6. The first kappa shape index (κ1) is 12.2. The molecule has 1 aliphatic carbocycles. The minimum Gasteiger partial charge on any atom is -0.548 e. The summed E-state index contributed by atoms with van der Waals surface area (Å²) in [4.78, 5) is 24.3. The molecule has 2 aliphatic rings. The van der Waals surface area contributed by atoms with Crippen molar-refractivity contribution in [2.75, 3.05) is 6.54 Å². The van der Waals surface area contributed by atoms with Crippen molar-refractivity contribution in [2.45, 2.75) is 51.7 Å². The molecule has 0 aromatic rings. The zero-order valence-electron chi connectivity index (χ0n) is 10.5. The minimum atomic E-state index is -1.18. The molecule has 5 heteroatoms. The summed E-state index contributed by atoms with van der Waals surface area (Å²) < 4.78 is 5.22. The predicted octanol–water partition coefficient (Wildman–Crippen LogP) is 0.526. The third-order valence-corrected chi connectivity index (χ3v) is 3.37. The molecule has 0 N–H and O–H groups in total. The number of carboxylic acids is 1. The van der Waals surface area contributed by atoms with Crippen LogP contribution in [0, 0.1) is 5.41 Å². The van der Waals surface area contributed by atoms with Crippen molar-refractivity contribution in [3.63, 3.8) is 0 Å². The number of ether oxygens (including phenoxy) is 1. The molecule has 1 atom stereocenters. The second-order valence-electron chi connectivity index (χ2n) is 6.15. The molecule has 0 bridgehead atoms. The van der Waals surface area contributed by atoms with Crippen LogP contribution in [0.1, 0.15) is 40.0 Å². The number of likely N-dealkylation sites (tertiary alicyclic amines) is 1. The SMILES string of the molecule is CC(C)(C)OC(=O)N1CC2(CC2)C[C@@H]1C(=O)[O-]. The van der Waals surface area contributed by atoms with E-state index in [0.29, 0.717) is 13.0 Å². The van der Waals surface area contributed by atoms with E-state index in [9.17, 15) is 14.7 Å². The van der Waals surface area contributed by atoms with Gasteiger partial charge in [0.1, 0.15) is 5.60 Å². The number of amides is 1. The van der Waals surface area contributed by atoms with Crippen LogP contribution in [0.5, 0.6) is 0 Å². The Balaban J connectivity index is 2.08. The van der Waals surface area contributed by atoms with E-state index in [1.54, 1.807) is 20.8 Å². The first-order valence-electron chi connectivity index (χ1n) is 5.93. The van der Waals surface area contributed by atoms with E-state index in [1.165, 1.54) is 4.90 Å². The maximum Gasteiger partial charge on any atom is 0.410 e.